The van der Waals surface area contributed by atoms with Crippen LogP contribution in [0.25, 0.3) is 10.8 Å². The maximum absolute atomic E-state index is 11.3. The first-order valence-electron chi connectivity index (χ1n) is 5.97. The summed E-state index contributed by atoms with van der Waals surface area (Å²) in [6.07, 6.45) is 1.62. The summed E-state index contributed by atoms with van der Waals surface area (Å²) in [5.41, 5.74) is 2.08. The van der Waals surface area contributed by atoms with Gasteiger partial charge in [0.25, 0.3) is 0 Å². The van der Waals surface area contributed by atoms with Crippen LogP contribution in [0.15, 0.2) is 35.2 Å². The number of benzene rings is 2. The van der Waals surface area contributed by atoms with E-state index >= 15 is 0 Å². The molecule has 0 radical (unpaired) electrons. The molecule has 0 heterocycles. The Morgan fingerprint density at radius 3 is 2.21 bits per heavy atom. The molecule has 5 heteroatoms. The van der Waals surface area contributed by atoms with Gasteiger partial charge in [0.2, 0.25) is 0 Å². The van der Waals surface area contributed by atoms with E-state index in [1.165, 1.54) is 6.07 Å². The molecule has 3 nitrogen and oxygen atoms in total. The second-order valence-electron chi connectivity index (χ2n) is 4.26. The van der Waals surface area contributed by atoms with Crippen LogP contribution in [-0.4, -0.2) is 13.0 Å². The third kappa shape index (κ3) is 3.38. The maximum atomic E-state index is 11.3. The van der Waals surface area contributed by atoms with E-state index in [-0.39, 0.29) is 34.5 Å². The second-order valence-corrected chi connectivity index (χ2v) is 5.61. The smallest absolute Gasteiger partial charge is 0.744 e. The summed E-state index contributed by atoms with van der Waals surface area (Å²) in [6.45, 7) is 4.00. The Hall–Kier alpha value is -0.390. The second kappa shape index (κ2) is 6.37. The van der Waals surface area contributed by atoms with Crippen LogP contribution >= 0.6 is 0 Å². The topological polar surface area (TPSA) is 57.2 Å². The van der Waals surface area contributed by atoms with Gasteiger partial charge in [-0.15, -0.1) is 0 Å². The zero-order chi connectivity index (χ0) is 13.3. The minimum absolute atomic E-state index is 0. The van der Waals surface area contributed by atoms with E-state index in [2.05, 4.69) is 0 Å². The molecule has 0 spiro atoms. The molecule has 0 bridgehead atoms. The Kier molecular flexibility index (Phi) is 5.59. The van der Waals surface area contributed by atoms with E-state index in [9.17, 15) is 13.0 Å². The minimum Gasteiger partial charge on any atom is -0.744 e. The fraction of sp³-hybridized carbons (Fsp3) is 0.286. The van der Waals surface area contributed by atoms with E-state index in [0.29, 0.717) is 5.39 Å². The van der Waals surface area contributed by atoms with Crippen molar-refractivity contribution in [3.63, 3.8) is 0 Å². The average molecular weight is 286 g/mol. The van der Waals surface area contributed by atoms with E-state index in [1.54, 1.807) is 12.1 Å². The van der Waals surface area contributed by atoms with Crippen LogP contribution in [0.4, 0.5) is 0 Å². The zero-order valence-electron chi connectivity index (χ0n) is 11.4. The van der Waals surface area contributed by atoms with Crippen molar-refractivity contribution in [1.29, 1.82) is 0 Å². The van der Waals surface area contributed by atoms with Crippen LogP contribution < -0.4 is 29.6 Å². The molecule has 0 saturated heterocycles. The van der Waals surface area contributed by atoms with Crippen LogP contribution in [0, 0.1) is 0 Å². The Morgan fingerprint density at radius 2 is 1.68 bits per heavy atom. The van der Waals surface area contributed by atoms with Gasteiger partial charge in [0.05, 0.1) is 4.90 Å². The molecule has 19 heavy (non-hydrogen) atoms. The molecular formula is C14H15NaO3S. The summed E-state index contributed by atoms with van der Waals surface area (Å²) in [5.74, 6) is 0. The molecule has 0 aliphatic heterocycles. The van der Waals surface area contributed by atoms with Crippen LogP contribution in [0.1, 0.15) is 25.0 Å². The predicted octanol–water partition coefficient (Wildman–Crippen LogP) is -0.127. The van der Waals surface area contributed by atoms with Crippen molar-refractivity contribution in [2.45, 2.75) is 31.6 Å². The monoisotopic (exact) mass is 286 g/mol. The van der Waals surface area contributed by atoms with Gasteiger partial charge in [0.15, 0.2) is 0 Å². The third-order valence-electron chi connectivity index (χ3n) is 3.19. The Bertz CT molecular complexity index is 693. The molecule has 0 N–H and O–H groups in total. The number of hydrogen-bond donors (Lipinski definition) is 0. The summed E-state index contributed by atoms with van der Waals surface area (Å²) in [4.78, 5) is -0.120. The van der Waals surface area contributed by atoms with Gasteiger partial charge in [-0.05, 0) is 46.9 Å². The first kappa shape index (κ1) is 16.7. The van der Waals surface area contributed by atoms with Crippen LogP contribution in [0.5, 0.6) is 0 Å². The SMILES string of the molecule is CCc1ccc2c(CC)ccc(S(=O)(=O)[O-])c2c1.[Na+]. The Morgan fingerprint density at radius 1 is 1.00 bits per heavy atom. The molecule has 0 aromatic heterocycles. The van der Waals surface area contributed by atoms with Crippen LogP contribution in [0.3, 0.4) is 0 Å². The number of aryl methyl sites for hydroxylation is 2. The fourth-order valence-electron chi connectivity index (χ4n) is 2.18. The van der Waals surface area contributed by atoms with Crippen molar-refractivity contribution < 1.29 is 42.5 Å². The Balaban J connectivity index is 0.00000180. The zero-order valence-corrected chi connectivity index (χ0v) is 14.3. The molecule has 0 saturated carbocycles. The fourth-order valence-corrected chi connectivity index (χ4v) is 2.85. The van der Waals surface area contributed by atoms with Crippen molar-refractivity contribution in [1.82, 2.24) is 0 Å². The molecule has 0 aliphatic carbocycles. The predicted molar refractivity (Wildman–Crippen MR) is 70.7 cm³/mol. The molecule has 2 aromatic carbocycles. The summed E-state index contributed by atoms with van der Waals surface area (Å²) in [6, 6.07) is 8.82. The quantitative estimate of drug-likeness (QED) is 0.583. The van der Waals surface area contributed by atoms with Gasteiger partial charge in [-0.25, -0.2) is 8.42 Å². The van der Waals surface area contributed by atoms with E-state index in [1.807, 2.05) is 26.0 Å². The molecule has 0 aliphatic rings. The molecule has 2 aromatic rings. The standard InChI is InChI=1S/C14H16O3S.Na/c1-3-10-5-7-12-11(4-2)6-8-14(13(12)9-10)18(15,16)17;/h5-9H,3-4H2,1-2H3,(H,15,16,17);/q;+1/p-1. The van der Waals surface area contributed by atoms with Crippen molar-refractivity contribution >= 4 is 20.9 Å². The summed E-state index contributed by atoms with van der Waals surface area (Å²) >= 11 is 0. The molecule has 2 rings (SSSR count). The third-order valence-corrected chi connectivity index (χ3v) is 4.08. The number of fused-ring (bicyclic) bond motifs is 1. The molecule has 96 valence electrons. The molecule has 0 atom stereocenters. The van der Waals surface area contributed by atoms with Gasteiger partial charge >= 0.3 is 29.6 Å². The minimum atomic E-state index is -4.43. The summed E-state index contributed by atoms with van der Waals surface area (Å²) in [5, 5.41) is 1.40. The van der Waals surface area contributed by atoms with Gasteiger partial charge in [-0.3, -0.25) is 0 Å². The van der Waals surface area contributed by atoms with Gasteiger partial charge < -0.3 is 4.55 Å². The number of hydrogen-bond acceptors (Lipinski definition) is 3. The van der Waals surface area contributed by atoms with E-state index < -0.39 is 10.1 Å². The molecule has 0 fully saturated rings. The normalized spacial score (nSPS) is 11.3. The van der Waals surface area contributed by atoms with Crippen LogP contribution in [-0.2, 0) is 23.0 Å². The van der Waals surface area contributed by atoms with Crippen molar-refractivity contribution in [2.24, 2.45) is 0 Å². The first-order chi connectivity index (χ1) is 8.47. The van der Waals surface area contributed by atoms with Crippen LogP contribution in [0.2, 0.25) is 0 Å². The van der Waals surface area contributed by atoms with Gasteiger partial charge in [-0.1, -0.05) is 32.0 Å². The van der Waals surface area contributed by atoms with E-state index in [4.69, 9.17) is 0 Å². The average Bonchev–Trinajstić information content (AvgIpc) is 2.35. The van der Waals surface area contributed by atoms with Gasteiger partial charge in [-0.2, -0.15) is 0 Å². The molecule has 0 unspecified atom stereocenters. The van der Waals surface area contributed by atoms with Crippen molar-refractivity contribution in [2.75, 3.05) is 0 Å². The molecular weight excluding hydrogens is 271 g/mol. The van der Waals surface area contributed by atoms with Crippen molar-refractivity contribution in [3.05, 3.63) is 41.5 Å². The summed E-state index contributed by atoms with van der Waals surface area (Å²) < 4.78 is 33.9. The molecule has 0 amide bonds. The Labute approximate surface area is 136 Å². The summed E-state index contributed by atoms with van der Waals surface area (Å²) in [7, 11) is -4.43. The first-order valence-corrected chi connectivity index (χ1v) is 7.38. The van der Waals surface area contributed by atoms with E-state index in [0.717, 1.165) is 29.4 Å². The number of rotatable bonds is 3. The van der Waals surface area contributed by atoms with Gasteiger partial charge in [0, 0.05) is 0 Å². The van der Waals surface area contributed by atoms with Crippen molar-refractivity contribution in [3.8, 4) is 0 Å². The van der Waals surface area contributed by atoms with Gasteiger partial charge in [0.1, 0.15) is 10.1 Å². The maximum Gasteiger partial charge on any atom is 1.00 e. The largest absolute Gasteiger partial charge is 1.00 e.